The Labute approximate surface area is 169 Å². The van der Waals surface area contributed by atoms with E-state index in [-0.39, 0.29) is 5.91 Å². The van der Waals surface area contributed by atoms with E-state index in [0.717, 1.165) is 37.0 Å². The number of quaternary nitrogens is 1. The number of nitrogens with zero attached hydrogens (tertiary/aromatic N) is 2. The van der Waals surface area contributed by atoms with E-state index >= 15 is 0 Å². The van der Waals surface area contributed by atoms with Crippen LogP contribution in [-0.2, 0) is 4.79 Å². The molecular weight excluding hydrogens is 380 g/mol. The van der Waals surface area contributed by atoms with E-state index < -0.39 is 0 Å². The number of amidine groups is 1. The van der Waals surface area contributed by atoms with Gasteiger partial charge in [-0.1, -0.05) is 47.6 Å². The predicted molar refractivity (Wildman–Crippen MR) is 114 cm³/mol. The Hall–Kier alpha value is -2.02. The van der Waals surface area contributed by atoms with Gasteiger partial charge in [0.1, 0.15) is 0 Å². The highest BCUT2D eigenvalue weighted by Gasteiger charge is 2.21. The molecule has 0 spiro atoms. The lowest BCUT2D eigenvalue weighted by Gasteiger charge is -2.32. The number of anilines is 1. The van der Waals surface area contributed by atoms with Crippen LogP contribution in [0.25, 0.3) is 0 Å². The fourth-order valence-corrected chi connectivity index (χ4v) is 3.84. The van der Waals surface area contributed by atoms with Crippen molar-refractivity contribution in [3.05, 3.63) is 59.6 Å². The number of carbonyl (C=O) groups excluding carboxylic acids is 1. The van der Waals surface area contributed by atoms with Gasteiger partial charge in [0.2, 0.25) is 5.91 Å². The molecule has 2 N–H and O–H groups in total. The number of piperazine rings is 1. The van der Waals surface area contributed by atoms with Crippen LogP contribution in [0.4, 0.5) is 11.4 Å². The van der Waals surface area contributed by atoms with Gasteiger partial charge in [0, 0.05) is 10.7 Å². The molecule has 0 unspecified atom stereocenters. The zero-order valence-electron chi connectivity index (χ0n) is 15.3. The maximum Gasteiger partial charge on any atom is 0.234 e. The molecule has 1 amide bonds. The molecule has 1 aliphatic heterocycles. The third-order valence-electron chi connectivity index (χ3n) is 4.31. The van der Waals surface area contributed by atoms with Crippen molar-refractivity contribution < 1.29 is 9.69 Å². The number of likely N-dealkylation sites (N-methyl/N-ethyl adjacent to an activating group) is 1. The first kappa shape index (κ1) is 19.7. The normalized spacial score (nSPS) is 15.6. The maximum absolute atomic E-state index is 12.4. The summed E-state index contributed by atoms with van der Waals surface area (Å²) in [5.74, 6) is 0.236. The third kappa shape index (κ3) is 6.27. The molecule has 0 saturated carbocycles. The lowest BCUT2D eigenvalue weighted by atomic mass is 10.3. The minimum atomic E-state index is -0.0669. The number of rotatable bonds is 4. The van der Waals surface area contributed by atoms with E-state index in [9.17, 15) is 4.79 Å². The van der Waals surface area contributed by atoms with Crippen molar-refractivity contribution in [3.8, 4) is 0 Å². The van der Waals surface area contributed by atoms with Gasteiger partial charge in [-0.3, -0.25) is 4.79 Å². The zero-order valence-corrected chi connectivity index (χ0v) is 16.9. The van der Waals surface area contributed by atoms with Crippen LogP contribution in [0.3, 0.4) is 0 Å². The molecule has 27 heavy (non-hydrogen) atoms. The van der Waals surface area contributed by atoms with Crippen molar-refractivity contribution in [3.63, 3.8) is 0 Å². The quantitative estimate of drug-likeness (QED) is 0.609. The van der Waals surface area contributed by atoms with Gasteiger partial charge in [0.15, 0.2) is 5.17 Å². The maximum atomic E-state index is 12.4. The van der Waals surface area contributed by atoms with Crippen LogP contribution in [0.2, 0.25) is 5.02 Å². The van der Waals surface area contributed by atoms with E-state index in [4.69, 9.17) is 16.6 Å². The number of para-hydroxylation sites is 1. The Kier molecular flexibility index (Phi) is 7.15. The lowest BCUT2D eigenvalue weighted by Crippen LogP contribution is -3.12. The monoisotopic (exact) mass is 403 g/mol. The van der Waals surface area contributed by atoms with Crippen LogP contribution in [0.1, 0.15) is 0 Å². The summed E-state index contributed by atoms with van der Waals surface area (Å²) in [6.07, 6.45) is 0. The molecule has 0 radical (unpaired) electrons. The Bertz CT molecular complexity index is 792. The summed E-state index contributed by atoms with van der Waals surface area (Å²) in [5, 5.41) is 4.39. The fraction of sp³-hybridized carbons (Fsp3) is 0.300. The fourth-order valence-electron chi connectivity index (χ4n) is 2.78. The smallest absolute Gasteiger partial charge is 0.234 e. The van der Waals surface area contributed by atoms with E-state index in [1.54, 1.807) is 12.1 Å². The molecule has 3 rings (SSSR count). The molecule has 142 valence electrons. The second-order valence-electron chi connectivity index (χ2n) is 6.52. The largest absolute Gasteiger partial charge is 0.340 e. The van der Waals surface area contributed by atoms with Gasteiger partial charge in [-0.2, -0.15) is 0 Å². The number of hydrogen-bond acceptors (Lipinski definition) is 3. The minimum Gasteiger partial charge on any atom is -0.340 e. The first-order valence-electron chi connectivity index (χ1n) is 8.98. The van der Waals surface area contributed by atoms with Crippen molar-refractivity contribution in [1.82, 2.24) is 4.90 Å². The number of carbonyl (C=O) groups is 1. The molecule has 1 fully saturated rings. The minimum absolute atomic E-state index is 0.0669. The van der Waals surface area contributed by atoms with Gasteiger partial charge >= 0.3 is 0 Å². The van der Waals surface area contributed by atoms with Gasteiger partial charge < -0.3 is 15.1 Å². The van der Waals surface area contributed by atoms with Crippen LogP contribution in [0, 0.1) is 0 Å². The average Bonchev–Trinajstić information content (AvgIpc) is 2.67. The molecule has 7 heteroatoms. The van der Waals surface area contributed by atoms with Crippen molar-refractivity contribution in [2.45, 2.75) is 0 Å². The molecule has 2 aromatic rings. The highest BCUT2D eigenvalue weighted by atomic mass is 35.5. The Balaban J connectivity index is 1.66. The van der Waals surface area contributed by atoms with Gasteiger partial charge in [-0.25, -0.2) is 4.99 Å². The number of hydrogen-bond donors (Lipinski definition) is 2. The molecule has 2 aromatic carbocycles. The summed E-state index contributed by atoms with van der Waals surface area (Å²) in [6.45, 7) is 4.03. The Morgan fingerprint density at radius 2 is 1.93 bits per heavy atom. The standard InChI is InChI=1S/C20H23ClN4OS/c1-24-10-12-25(13-11-24)20(23-17-7-3-2-4-8-17)27-15-19(26)22-18-9-5-6-16(21)14-18/h2-9,14H,10-13,15H2,1H3,(H,22,26)/p+1. The molecule has 1 heterocycles. The van der Waals surface area contributed by atoms with Crippen molar-refractivity contribution in [1.29, 1.82) is 0 Å². The second kappa shape index (κ2) is 9.78. The number of nitrogens with one attached hydrogen (secondary N) is 2. The Morgan fingerprint density at radius 3 is 2.63 bits per heavy atom. The molecule has 0 bridgehead atoms. The molecule has 1 saturated heterocycles. The van der Waals surface area contributed by atoms with Gasteiger partial charge in [0.05, 0.1) is 44.7 Å². The van der Waals surface area contributed by atoms with Gasteiger partial charge in [0.25, 0.3) is 0 Å². The molecule has 1 aliphatic rings. The lowest BCUT2D eigenvalue weighted by molar-refractivity contribution is -0.883. The predicted octanol–water partition coefficient (Wildman–Crippen LogP) is 2.53. The second-order valence-corrected chi connectivity index (χ2v) is 7.90. The number of thioether (sulfide) groups is 1. The van der Waals surface area contributed by atoms with Crippen LogP contribution in [0.15, 0.2) is 59.6 Å². The summed E-state index contributed by atoms with van der Waals surface area (Å²) in [5.41, 5.74) is 1.61. The highest BCUT2D eigenvalue weighted by molar-refractivity contribution is 8.14. The van der Waals surface area contributed by atoms with Crippen LogP contribution < -0.4 is 10.2 Å². The number of aliphatic imine (C=N–C) groups is 1. The van der Waals surface area contributed by atoms with E-state index in [1.165, 1.54) is 16.7 Å². The van der Waals surface area contributed by atoms with Crippen molar-refractivity contribution >= 4 is 45.8 Å². The number of halogens is 1. The number of benzene rings is 2. The van der Waals surface area contributed by atoms with Crippen molar-refractivity contribution in [2.24, 2.45) is 4.99 Å². The first-order valence-corrected chi connectivity index (χ1v) is 10.3. The molecule has 0 aliphatic carbocycles. The van der Waals surface area contributed by atoms with Gasteiger partial charge in [-0.15, -0.1) is 0 Å². The summed E-state index contributed by atoms with van der Waals surface area (Å²) in [6, 6.07) is 17.1. The van der Waals surface area contributed by atoms with E-state index in [1.807, 2.05) is 42.5 Å². The summed E-state index contributed by atoms with van der Waals surface area (Å²) >= 11 is 7.45. The Morgan fingerprint density at radius 1 is 1.19 bits per heavy atom. The SMILES string of the molecule is C[NH+]1CCN(C(=Nc2ccccc2)SCC(=O)Nc2cccc(Cl)c2)CC1. The topological polar surface area (TPSA) is 49.1 Å². The highest BCUT2D eigenvalue weighted by Crippen LogP contribution is 2.19. The zero-order chi connectivity index (χ0) is 19.1. The van der Waals surface area contributed by atoms with Crippen LogP contribution in [0.5, 0.6) is 0 Å². The van der Waals surface area contributed by atoms with Crippen LogP contribution >= 0.6 is 23.4 Å². The molecule has 0 aromatic heterocycles. The first-order chi connectivity index (χ1) is 13.1. The van der Waals surface area contributed by atoms with Crippen molar-refractivity contribution in [2.75, 3.05) is 44.3 Å². The summed E-state index contributed by atoms with van der Waals surface area (Å²) in [7, 11) is 2.21. The van der Waals surface area contributed by atoms with Gasteiger partial charge in [-0.05, 0) is 30.3 Å². The third-order valence-corrected chi connectivity index (χ3v) is 5.56. The average molecular weight is 404 g/mol. The number of amides is 1. The van der Waals surface area contributed by atoms with Crippen LogP contribution in [-0.4, -0.2) is 55.0 Å². The molecule has 0 atom stereocenters. The molecule has 5 nitrogen and oxygen atoms in total. The molecular formula is C20H24ClN4OS+. The van der Waals surface area contributed by atoms with E-state index in [2.05, 4.69) is 17.3 Å². The summed E-state index contributed by atoms with van der Waals surface area (Å²) < 4.78 is 0. The van der Waals surface area contributed by atoms with E-state index in [0.29, 0.717) is 16.5 Å². The summed E-state index contributed by atoms with van der Waals surface area (Å²) in [4.78, 5) is 21.0.